The summed E-state index contributed by atoms with van der Waals surface area (Å²) in [6, 6.07) is 0. The van der Waals surface area contributed by atoms with E-state index >= 15 is 0 Å². The highest BCUT2D eigenvalue weighted by Gasteiger charge is 2.22. The Labute approximate surface area is 58.4 Å². The molecule has 0 aliphatic carbocycles. The number of nitrogens with zero attached hydrogens (tertiary/aromatic N) is 2. The van der Waals surface area contributed by atoms with E-state index < -0.39 is 12.9 Å². The summed E-state index contributed by atoms with van der Waals surface area (Å²) in [4.78, 5) is 7.32. The molecule has 0 fully saturated rings. The van der Waals surface area contributed by atoms with Crippen LogP contribution >= 0.6 is 0 Å². The van der Waals surface area contributed by atoms with Crippen LogP contribution in [0.2, 0.25) is 5.82 Å². The van der Waals surface area contributed by atoms with E-state index in [1.54, 1.807) is 0 Å². The molecule has 1 atom stereocenters. The first-order valence-electron chi connectivity index (χ1n) is 2.90. The molecule has 0 amide bonds. The van der Waals surface area contributed by atoms with Gasteiger partial charge in [-0.3, -0.25) is 4.99 Å². The Morgan fingerprint density at radius 2 is 2.40 bits per heavy atom. The van der Waals surface area contributed by atoms with Crippen LogP contribution in [0.15, 0.2) is 9.98 Å². The van der Waals surface area contributed by atoms with Gasteiger partial charge in [0, 0.05) is 18.6 Å². The van der Waals surface area contributed by atoms with Crippen molar-refractivity contribution in [2.24, 2.45) is 15.7 Å². The molecule has 1 aliphatic heterocycles. The van der Waals surface area contributed by atoms with Crippen LogP contribution in [0.5, 0.6) is 0 Å². The van der Waals surface area contributed by atoms with Crippen molar-refractivity contribution in [3.8, 4) is 0 Å². The molecule has 5 nitrogen and oxygen atoms in total. The zero-order valence-corrected chi connectivity index (χ0v) is 5.31. The van der Waals surface area contributed by atoms with Crippen molar-refractivity contribution in [2.45, 2.75) is 5.82 Å². The van der Waals surface area contributed by atoms with Gasteiger partial charge in [0.1, 0.15) is 0 Å². The molecule has 1 rings (SSSR count). The molecule has 4 N–H and O–H groups in total. The normalized spacial score (nSPS) is 24.2. The first-order valence-corrected chi connectivity index (χ1v) is 2.90. The first kappa shape index (κ1) is 7.23. The second kappa shape index (κ2) is 2.81. The van der Waals surface area contributed by atoms with E-state index in [0.717, 1.165) is 0 Å². The first-order chi connectivity index (χ1) is 4.70. The Morgan fingerprint density at radius 3 is 2.80 bits per heavy atom. The predicted molar refractivity (Wildman–Crippen MR) is 38.9 cm³/mol. The van der Waals surface area contributed by atoms with Gasteiger partial charge in [-0.05, 0) is 0 Å². The molecule has 0 bridgehead atoms. The Morgan fingerprint density at radius 1 is 1.70 bits per heavy atom. The van der Waals surface area contributed by atoms with Crippen molar-refractivity contribution >= 4 is 19.3 Å². The summed E-state index contributed by atoms with van der Waals surface area (Å²) in [5, 5.41) is 17.2. The van der Waals surface area contributed by atoms with Crippen LogP contribution in [0.1, 0.15) is 0 Å². The molecule has 0 aromatic heterocycles. The van der Waals surface area contributed by atoms with Gasteiger partial charge in [-0.1, -0.05) is 0 Å². The number of rotatable bonds is 1. The monoisotopic (exact) mass is 141 g/mol. The fourth-order valence-electron chi connectivity index (χ4n) is 0.630. The van der Waals surface area contributed by atoms with Crippen LogP contribution in [-0.2, 0) is 0 Å². The third kappa shape index (κ3) is 1.55. The highest BCUT2D eigenvalue weighted by Crippen LogP contribution is 2.06. The molecular weight excluding hydrogens is 133 g/mol. The molecule has 0 spiro atoms. The third-order valence-electron chi connectivity index (χ3n) is 1.25. The largest absolute Gasteiger partial charge is 0.462 e. The van der Waals surface area contributed by atoms with Gasteiger partial charge in [0.2, 0.25) is 5.96 Å². The molecule has 0 radical (unpaired) electrons. The molecule has 10 heavy (non-hydrogen) atoms. The van der Waals surface area contributed by atoms with Gasteiger partial charge in [-0.25, -0.2) is 4.99 Å². The standard InChI is InChI=1S/C4H8BN3O2/c6-4-7-1-3(2-8-4)5(9)10/h1,3,9-10H,2H2,(H2,6,8). The maximum atomic E-state index is 8.62. The molecule has 0 aromatic rings. The van der Waals surface area contributed by atoms with E-state index in [1.165, 1.54) is 6.21 Å². The minimum atomic E-state index is -1.39. The zero-order valence-electron chi connectivity index (χ0n) is 5.31. The van der Waals surface area contributed by atoms with Gasteiger partial charge < -0.3 is 15.8 Å². The van der Waals surface area contributed by atoms with Crippen molar-refractivity contribution in [2.75, 3.05) is 6.54 Å². The van der Waals surface area contributed by atoms with Gasteiger partial charge in [-0.15, -0.1) is 0 Å². The molecule has 54 valence electrons. The number of guanidine groups is 1. The zero-order chi connectivity index (χ0) is 7.56. The van der Waals surface area contributed by atoms with E-state index in [-0.39, 0.29) is 5.96 Å². The number of hydrogen-bond acceptors (Lipinski definition) is 5. The van der Waals surface area contributed by atoms with E-state index in [4.69, 9.17) is 15.8 Å². The lowest BCUT2D eigenvalue weighted by atomic mass is 9.73. The molecule has 0 saturated carbocycles. The van der Waals surface area contributed by atoms with Crippen molar-refractivity contribution in [1.29, 1.82) is 0 Å². The van der Waals surface area contributed by atoms with Crippen LogP contribution < -0.4 is 5.73 Å². The Hall–Kier alpha value is -0.875. The number of nitrogens with two attached hydrogens (primary N) is 1. The van der Waals surface area contributed by atoms with Crippen LogP contribution in [-0.4, -0.2) is 35.9 Å². The maximum Gasteiger partial charge on any atom is 0.462 e. The summed E-state index contributed by atoms with van der Waals surface area (Å²) in [5.74, 6) is -0.218. The van der Waals surface area contributed by atoms with Crippen LogP contribution in [0.4, 0.5) is 0 Å². The fraction of sp³-hybridized carbons (Fsp3) is 0.500. The van der Waals surface area contributed by atoms with Crippen molar-refractivity contribution < 1.29 is 10.0 Å². The SMILES string of the molecule is NC1=NCC(B(O)O)C=N1. The van der Waals surface area contributed by atoms with E-state index in [9.17, 15) is 0 Å². The number of aliphatic imine (C=N–C) groups is 2. The topological polar surface area (TPSA) is 91.2 Å². The lowest BCUT2D eigenvalue weighted by Crippen LogP contribution is -2.28. The van der Waals surface area contributed by atoms with Gasteiger partial charge in [0.05, 0.1) is 0 Å². The van der Waals surface area contributed by atoms with Gasteiger partial charge >= 0.3 is 7.12 Å². The predicted octanol–water partition coefficient (Wildman–Crippen LogP) is -1.77. The van der Waals surface area contributed by atoms with Crippen molar-refractivity contribution in [3.63, 3.8) is 0 Å². The average Bonchev–Trinajstić information content (AvgIpc) is 1.88. The second-order valence-electron chi connectivity index (χ2n) is 2.05. The molecule has 0 saturated heterocycles. The molecule has 6 heteroatoms. The summed E-state index contributed by atoms with van der Waals surface area (Å²) in [5.41, 5.74) is 5.19. The van der Waals surface area contributed by atoms with Crippen molar-refractivity contribution in [1.82, 2.24) is 0 Å². The molecule has 0 aromatic carbocycles. The Bertz CT molecular complexity index is 179. The minimum absolute atomic E-state index is 0.192. The maximum absolute atomic E-state index is 8.62. The lowest BCUT2D eigenvalue weighted by Gasteiger charge is -2.10. The Kier molecular flexibility index (Phi) is 2.03. The molecule has 1 aliphatic rings. The van der Waals surface area contributed by atoms with Gasteiger partial charge in [-0.2, -0.15) is 0 Å². The van der Waals surface area contributed by atoms with Crippen LogP contribution in [0.25, 0.3) is 0 Å². The van der Waals surface area contributed by atoms with Crippen LogP contribution in [0, 0.1) is 0 Å². The number of hydrogen-bond donors (Lipinski definition) is 3. The van der Waals surface area contributed by atoms with Gasteiger partial charge in [0.15, 0.2) is 0 Å². The summed E-state index contributed by atoms with van der Waals surface area (Å²) >= 11 is 0. The summed E-state index contributed by atoms with van der Waals surface area (Å²) in [7, 11) is -1.39. The van der Waals surface area contributed by atoms with Crippen molar-refractivity contribution in [3.05, 3.63) is 0 Å². The summed E-state index contributed by atoms with van der Waals surface area (Å²) < 4.78 is 0. The Balaban J connectivity index is 2.52. The smallest absolute Gasteiger partial charge is 0.427 e. The quantitative estimate of drug-likeness (QED) is 0.377. The summed E-state index contributed by atoms with van der Waals surface area (Å²) in [6.07, 6.45) is 1.40. The highest BCUT2D eigenvalue weighted by atomic mass is 16.4. The fourth-order valence-corrected chi connectivity index (χ4v) is 0.630. The second-order valence-corrected chi connectivity index (χ2v) is 2.05. The van der Waals surface area contributed by atoms with E-state index in [1.807, 2.05) is 0 Å². The minimum Gasteiger partial charge on any atom is -0.427 e. The van der Waals surface area contributed by atoms with Gasteiger partial charge in [0.25, 0.3) is 0 Å². The van der Waals surface area contributed by atoms with E-state index in [2.05, 4.69) is 9.98 Å². The molecule has 1 unspecified atom stereocenters. The lowest BCUT2D eigenvalue weighted by molar-refractivity contribution is 0.399. The molecule has 1 heterocycles. The third-order valence-corrected chi connectivity index (χ3v) is 1.25. The molecular formula is C4H8BN3O2. The van der Waals surface area contributed by atoms with Crippen LogP contribution in [0.3, 0.4) is 0 Å². The van der Waals surface area contributed by atoms with E-state index in [0.29, 0.717) is 6.54 Å². The highest BCUT2D eigenvalue weighted by molar-refractivity contribution is 6.48. The average molecular weight is 141 g/mol. The summed E-state index contributed by atoms with van der Waals surface area (Å²) in [6.45, 7) is 0.299.